The molecule has 2 N–H and O–H groups in total. The fourth-order valence-corrected chi connectivity index (χ4v) is 1.11. The Labute approximate surface area is 88.2 Å². The van der Waals surface area contributed by atoms with Gasteiger partial charge in [-0.1, -0.05) is 6.07 Å². The molecule has 1 atom stereocenters. The number of ether oxygens (including phenoxy) is 2. The smallest absolute Gasteiger partial charge is 0.307 e. The van der Waals surface area contributed by atoms with Crippen LogP contribution in [0.3, 0.4) is 0 Å². The Morgan fingerprint density at radius 1 is 1.53 bits per heavy atom. The van der Waals surface area contributed by atoms with Crippen LogP contribution >= 0.6 is 0 Å². The van der Waals surface area contributed by atoms with Crippen LogP contribution in [-0.2, 0) is 9.53 Å². The van der Waals surface area contributed by atoms with Crippen LogP contribution in [-0.4, -0.2) is 25.2 Å². The molecule has 0 unspecified atom stereocenters. The van der Waals surface area contributed by atoms with Crippen LogP contribution in [0.25, 0.3) is 0 Å². The van der Waals surface area contributed by atoms with Gasteiger partial charge >= 0.3 is 5.97 Å². The monoisotopic (exact) mass is 210 g/mol. The summed E-state index contributed by atoms with van der Waals surface area (Å²) in [5.41, 5.74) is 6.56. The van der Waals surface area contributed by atoms with Gasteiger partial charge < -0.3 is 15.2 Å². The lowest BCUT2D eigenvalue weighted by Crippen LogP contribution is -2.16. The molecule has 1 rings (SSSR count). The Morgan fingerprint density at radius 3 is 2.73 bits per heavy atom. The highest BCUT2D eigenvalue weighted by molar-refractivity contribution is 5.70. The Kier molecular flexibility index (Phi) is 4.05. The van der Waals surface area contributed by atoms with Gasteiger partial charge in [0.2, 0.25) is 5.88 Å². The van der Waals surface area contributed by atoms with Crippen molar-refractivity contribution in [2.75, 3.05) is 14.2 Å². The van der Waals surface area contributed by atoms with Gasteiger partial charge in [-0.05, 0) is 5.56 Å². The van der Waals surface area contributed by atoms with E-state index in [0.717, 1.165) is 5.56 Å². The lowest BCUT2D eigenvalue weighted by molar-refractivity contribution is -0.141. The molecule has 0 aliphatic heterocycles. The molecule has 0 saturated heterocycles. The van der Waals surface area contributed by atoms with E-state index in [9.17, 15) is 4.79 Å². The molecular weight excluding hydrogens is 196 g/mol. The number of aromatic nitrogens is 1. The van der Waals surface area contributed by atoms with E-state index in [1.54, 1.807) is 18.3 Å². The van der Waals surface area contributed by atoms with Gasteiger partial charge in [-0.25, -0.2) is 4.98 Å². The van der Waals surface area contributed by atoms with Gasteiger partial charge in [0.15, 0.2) is 0 Å². The molecular formula is C10H14N2O3. The third-order valence-electron chi connectivity index (χ3n) is 2.01. The molecule has 0 amide bonds. The molecule has 1 heterocycles. The van der Waals surface area contributed by atoms with Crippen LogP contribution in [0.2, 0.25) is 0 Å². The molecule has 1 aromatic heterocycles. The fraction of sp³-hybridized carbons (Fsp3) is 0.400. The Balaban J connectivity index is 2.65. The predicted molar refractivity (Wildman–Crippen MR) is 54.4 cm³/mol. The summed E-state index contributed by atoms with van der Waals surface area (Å²) in [5.74, 6) is 0.183. The van der Waals surface area contributed by atoms with Crippen molar-refractivity contribution in [3.05, 3.63) is 23.9 Å². The van der Waals surface area contributed by atoms with E-state index in [4.69, 9.17) is 10.5 Å². The van der Waals surface area contributed by atoms with Crippen LogP contribution in [0.4, 0.5) is 0 Å². The SMILES string of the molecule is COC(=O)C[C@H](N)c1ccc(OC)nc1. The van der Waals surface area contributed by atoms with Crippen molar-refractivity contribution in [3.8, 4) is 5.88 Å². The number of methoxy groups -OCH3 is 2. The van der Waals surface area contributed by atoms with E-state index in [0.29, 0.717) is 5.88 Å². The quantitative estimate of drug-likeness (QED) is 0.738. The molecule has 0 aliphatic rings. The Morgan fingerprint density at radius 2 is 2.27 bits per heavy atom. The fourth-order valence-electron chi connectivity index (χ4n) is 1.11. The number of nitrogens with two attached hydrogens (primary N) is 1. The van der Waals surface area contributed by atoms with Gasteiger partial charge in [-0.2, -0.15) is 0 Å². The molecule has 15 heavy (non-hydrogen) atoms. The van der Waals surface area contributed by atoms with Crippen molar-refractivity contribution in [1.82, 2.24) is 4.98 Å². The zero-order valence-electron chi connectivity index (χ0n) is 8.77. The second-order valence-electron chi connectivity index (χ2n) is 3.02. The highest BCUT2D eigenvalue weighted by Crippen LogP contribution is 2.15. The van der Waals surface area contributed by atoms with Gasteiger partial charge in [0, 0.05) is 18.3 Å². The number of rotatable bonds is 4. The molecule has 1 aromatic rings. The standard InChI is InChI=1S/C10H14N2O3/c1-14-9-4-3-7(6-12-9)8(11)5-10(13)15-2/h3-4,6,8H,5,11H2,1-2H3/t8-/m0/s1. The number of hydrogen-bond donors (Lipinski definition) is 1. The summed E-state index contributed by atoms with van der Waals surface area (Å²) < 4.78 is 9.43. The summed E-state index contributed by atoms with van der Waals surface area (Å²) in [6.45, 7) is 0. The second-order valence-corrected chi connectivity index (χ2v) is 3.02. The molecule has 0 radical (unpaired) electrons. The van der Waals surface area contributed by atoms with E-state index in [1.807, 2.05) is 0 Å². The average Bonchev–Trinajstić information content (AvgIpc) is 2.29. The third-order valence-corrected chi connectivity index (χ3v) is 2.01. The first-order valence-electron chi connectivity index (χ1n) is 4.49. The summed E-state index contributed by atoms with van der Waals surface area (Å²) in [4.78, 5) is 15.0. The molecule has 82 valence electrons. The number of carbonyl (C=O) groups excluding carboxylic acids is 1. The predicted octanol–water partition coefficient (Wildman–Crippen LogP) is 0.653. The van der Waals surface area contributed by atoms with Crippen molar-refractivity contribution in [3.63, 3.8) is 0 Å². The maximum Gasteiger partial charge on any atom is 0.307 e. The number of hydrogen-bond acceptors (Lipinski definition) is 5. The third kappa shape index (κ3) is 3.21. The number of esters is 1. The van der Waals surface area contributed by atoms with Crippen LogP contribution < -0.4 is 10.5 Å². The van der Waals surface area contributed by atoms with Crippen molar-refractivity contribution in [2.45, 2.75) is 12.5 Å². The highest BCUT2D eigenvalue weighted by Gasteiger charge is 2.12. The number of nitrogens with zero attached hydrogens (tertiary/aromatic N) is 1. The summed E-state index contributed by atoms with van der Waals surface area (Å²) in [6, 6.07) is 3.09. The van der Waals surface area contributed by atoms with Gasteiger partial charge in [0.1, 0.15) is 0 Å². The van der Waals surface area contributed by atoms with E-state index in [1.165, 1.54) is 14.2 Å². The first-order chi connectivity index (χ1) is 7.17. The van der Waals surface area contributed by atoms with Crippen molar-refractivity contribution in [1.29, 1.82) is 0 Å². The van der Waals surface area contributed by atoms with Gasteiger partial charge in [0.05, 0.1) is 20.6 Å². The van der Waals surface area contributed by atoms with Crippen molar-refractivity contribution >= 4 is 5.97 Å². The van der Waals surface area contributed by atoms with Gasteiger partial charge in [-0.15, -0.1) is 0 Å². The first kappa shape index (κ1) is 11.5. The Hall–Kier alpha value is -1.62. The largest absolute Gasteiger partial charge is 0.481 e. The maximum atomic E-state index is 11.0. The zero-order chi connectivity index (χ0) is 11.3. The molecule has 5 nitrogen and oxygen atoms in total. The van der Waals surface area contributed by atoms with E-state index < -0.39 is 6.04 Å². The van der Waals surface area contributed by atoms with Crippen LogP contribution in [0, 0.1) is 0 Å². The number of pyridine rings is 1. The number of carbonyl (C=O) groups is 1. The second kappa shape index (κ2) is 5.31. The summed E-state index contributed by atoms with van der Waals surface area (Å²) in [6.07, 6.45) is 1.73. The molecule has 0 fully saturated rings. The van der Waals surface area contributed by atoms with Gasteiger partial charge in [0.25, 0.3) is 0 Å². The lowest BCUT2D eigenvalue weighted by Gasteiger charge is -2.10. The summed E-state index contributed by atoms with van der Waals surface area (Å²) in [7, 11) is 2.87. The van der Waals surface area contributed by atoms with Crippen LogP contribution in [0.15, 0.2) is 18.3 Å². The zero-order valence-corrected chi connectivity index (χ0v) is 8.77. The molecule has 0 bridgehead atoms. The van der Waals surface area contributed by atoms with Crippen molar-refractivity contribution < 1.29 is 14.3 Å². The minimum atomic E-state index is -0.393. The van der Waals surface area contributed by atoms with E-state index in [-0.39, 0.29) is 12.4 Å². The summed E-state index contributed by atoms with van der Waals surface area (Å²) >= 11 is 0. The molecule has 0 spiro atoms. The maximum absolute atomic E-state index is 11.0. The topological polar surface area (TPSA) is 74.4 Å². The minimum absolute atomic E-state index is 0.143. The highest BCUT2D eigenvalue weighted by atomic mass is 16.5. The van der Waals surface area contributed by atoms with Crippen molar-refractivity contribution in [2.24, 2.45) is 5.73 Å². The molecule has 5 heteroatoms. The normalized spacial score (nSPS) is 11.9. The van der Waals surface area contributed by atoms with Crippen LogP contribution in [0.1, 0.15) is 18.0 Å². The lowest BCUT2D eigenvalue weighted by atomic mass is 10.1. The first-order valence-corrected chi connectivity index (χ1v) is 4.49. The Bertz CT molecular complexity index is 324. The molecule has 0 saturated carbocycles. The van der Waals surface area contributed by atoms with Gasteiger partial charge in [-0.3, -0.25) is 4.79 Å². The van der Waals surface area contributed by atoms with Crippen LogP contribution in [0.5, 0.6) is 5.88 Å². The molecule has 0 aliphatic carbocycles. The average molecular weight is 210 g/mol. The molecule has 0 aromatic carbocycles. The van der Waals surface area contributed by atoms with E-state index >= 15 is 0 Å². The minimum Gasteiger partial charge on any atom is -0.481 e. The summed E-state index contributed by atoms with van der Waals surface area (Å²) in [5, 5.41) is 0. The van der Waals surface area contributed by atoms with E-state index in [2.05, 4.69) is 9.72 Å².